The fourth-order valence-electron chi connectivity index (χ4n) is 6.19. The zero-order valence-corrected chi connectivity index (χ0v) is 17.5. The van der Waals surface area contributed by atoms with E-state index in [4.69, 9.17) is 6.57 Å². The first kappa shape index (κ1) is 17.4. The number of rotatable bonds is 0. The van der Waals surface area contributed by atoms with Gasteiger partial charge in [-0.3, -0.25) is 0 Å². The van der Waals surface area contributed by atoms with Crippen LogP contribution < -0.4 is 0 Å². The number of benzene rings is 3. The van der Waals surface area contributed by atoms with Crippen molar-refractivity contribution < 1.29 is 10.2 Å². The van der Waals surface area contributed by atoms with Crippen LogP contribution in [0.5, 0.6) is 11.5 Å². The van der Waals surface area contributed by atoms with Crippen LogP contribution in [0.25, 0.3) is 4.85 Å². The molecule has 0 bridgehead atoms. The van der Waals surface area contributed by atoms with Gasteiger partial charge >= 0.3 is 0 Å². The lowest BCUT2D eigenvalue weighted by Gasteiger charge is -2.58. The molecule has 7 rings (SSSR count). The summed E-state index contributed by atoms with van der Waals surface area (Å²) in [6.07, 6.45) is 0. The van der Waals surface area contributed by atoms with Gasteiger partial charge in [0.2, 0.25) is 0 Å². The molecule has 146 valence electrons. The lowest BCUT2D eigenvalue weighted by molar-refractivity contribution is 0.325. The summed E-state index contributed by atoms with van der Waals surface area (Å²) >= 11 is 2.42. The van der Waals surface area contributed by atoms with Gasteiger partial charge < -0.3 is 10.2 Å². The lowest BCUT2D eigenvalue weighted by Crippen LogP contribution is -2.52. The fourth-order valence-corrected chi connectivity index (χ4v) is 8.65. The number of phenolic OH excluding ortho intramolecular Hbond substituents is 2. The molecule has 3 atom stereocenters. The quantitative estimate of drug-likeness (QED) is 0.265. The monoisotopic (exact) mass is 436 g/mol. The van der Waals surface area contributed by atoms with Crippen molar-refractivity contribution in [2.45, 2.75) is 27.0 Å². The Labute approximate surface area is 186 Å². The molecule has 0 saturated heterocycles. The van der Waals surface area contributed by atoms with E-state index in [1.165, 1.54) is 45.8 Å². The van der Waals surface area contributed by atoms with Crippen LogP contribution in [0, 0.1) is 17.9 Å². The maximum atomic E-state index is 11.5. The Kier molecular flexibility index (Phi) is 3.07. The molecular weight excluding hydrogens is 424 g/mol. The Morgan fingerprint density at radius 2 is 1.39 bits per heavy atom. The number of allylic oxidation sites excluding steroid dienone is 1. The van der Waals surface area contributed by atoms with Gasteiger partial charge in [-0.2, -0.15) is 0 Å². The Hall–Kier alpha value is -3.32. The average Bonchev–Trinajstić information content (AvgIpc) is 3.30. The highest BCUT2D eigenvalue weighted by Gasteiger charge is 2.71. The summed E-state index contributed by atoms with van der Waals surface area (Å²) < 4.78 is 0.510. The Balaban J connectivity index is 1.55. The van der Waals surface area contributed by atoms with Gasteiger partial charge in [-0.25, -0.2) is 10.1 Å². The van der Waals surface area contributed by atoms with Crippen LogP contribution in [0.1, 0.15) is 45.2 Å². The van der Waals surface area contributed by atoms with Crippen molar-refractivity contribution in [3.63, 3.8) is 0 Å². The number of hydrogen-bond donors (Lipinski definition) is 2. The fraction of sp³-hybridized carbons (Fsp3) is 0.120. The first-order valence-corrected chi connectivity index (χ1v) is 11.5. The number of fused-ring (bicyclic) bond motifs is 8. The molecule has 2 N–H and O–H groups in total. The minimum absolute atomic E-state index is 0.00951. The van der Waals surface area contributed by atoms with Crippen molar-refractivity contribution in [2.24, 2.45) is 0 Å². The van der Waals surface area contributed by atoms with Crippen LogP contribution in [-0.2, 0) is 5.41 Å². The van der Waals surface area contributed by atoms with Crippen LogP contribution in [-0.4, -0.2) is 10.2 Å². The molecular formula is C25H12N2O2S2. The van der Waals surface area contributed by atoms with E-state index in [1.54, 1.807) is 0 Å². The Morgan fingerprint density at radius 1 is 0.903 bits per heavy atom. The van der Waals surface area contributed by atoms with Crippen molar-refractivity contribution in [3.05, 3.63) is 103 Å². The van der Waals surface area contributed by atoms with Crippen molar-refractivity contribution in [1.29, 1.82) is 5.26 Å². The van der Waals surface area contributed by atoms with Gasteiger partial charge in [-0.1, -0.05) is 72.1 Å². The zero-order chi connectivity index (χ0) is 21.1. The van der Waals surface area contributed by atoms with E-state index in [0.29, 0.717) is 14.0 Å². The maximum absolute atomic E-state index is 11.5. The number of nitriles is 1. The molecule has 0 amide bonds. The highest BCUT2D eigenvalue weighted by Crippen LogP contribution is 2.80. The molecule has 0 saturated carbocycles. The van der Waals surface area contributed by atoms with E-state index < -0.39 is 0 Å². The molecule has 3 aromatic carbocycles. The van der Waals surface area contributed by atoms with Gasteiger partial charge in [0.15, 0.2) is 0 Å². The third-order valence-corrected chi connectivity index (χ3v) is 9.75. The molecule has 1 unspecified atom stereocenters. The normalized spacial score (nSPS) is 26.5. The van der Waals surface area contributed by atoms with Gasteiger partial charge in [0, 0.05) is 28.4 Å². The molecule has 1 spiro atoms. The Bertz CT molecular complexity index is 1400. The summed E-state index contributed by atoms with van der Waals surface area (Å²) in [6.45, 7) is 7.26. The first-order valence-electron chi connectivity index (χ1n) is 9.82. The number of hydrogen-bond acceptors (Lipinski definition) is 5. The van der Waals surface area contributed by atoms with Crippen molar-refractivity contribution in [3.8, 4) is 17.6 Å². The van der Waals surface area contributed by atoms with Crippen LogP contribution >= 0.6 is 23.5 Å². The summed E-state index contributed by atoms with van der Waals surface area (Å²) in [4.78, 5) is 4.41. The molecule has 1 aliphatic heterocycles. The second-order valence-corrected chi connectivity index (χ2v) is 10.5. The van der Waals surface area contributed by atoms with Gasteiger partial charge in [-0.15, -0.1) is 0 Å². The minimum Gasteiger partial charge on any atom is -0.506 e. The molecule has 4 aliphatic rings. The lowest BCUT2D eigenvalue weighted by atomic mass is 9.43. The van der Waals surface area contributed by atoms with Gasteiger partial charge in [0.1, 0.15) is 11.5 Å². The van der Waals surface area contributed by atoms with E-state index in [1.807, 2.05) is 18.2 Å². The molecule has 4 nitrogen and oxygen atoms in total. The smallest absolute Gasteiger partial charge is 0.282 e. The average molecular weight is 437 g/mol. The van der Waals surface area contributed by atoms with Gasteiger partial charge in [-0.05, 0) is 22.3 Å². The first-order chi connectivity index (χ1) is 15.1. The minimum atomic E-state index is -0.234. The predicted octanol–water partition coefficient (Wildman–Crippen LogP) is 5.80. The van der Waals surface area contributed by atoms with Crippen molar-refractivity contribution >= 4 is 23.5 Å². The SMILES string of the molecule is [C-]#[N+]C(C#N)=C1Sc2c(O)c3c(c(O)c2S1)[C@@H]1c2ccccc2C12c1ccccc1[C@H]32. The summed E-state index contributed by atoms with van der Waals surface area (Å²) in [6, 6.07) is 18.6. The van der Waals surface area contributed by atoms with E-state index in [-0.39, 0.29) is 34.4 Å². The van der Waals surface area contributed by atoms with Crippen LogP contribution in [0.15, 0.2) is 68.3 Å². The number of thioether (sulfide) groups is 2. The highest BCUT2D eigenvalue weighted by atomic mass is 32.2. The summed E-state index contributed by atoms with van der Waals surface area (Å²) in [5.74, 6) is 0.336. The van der Waals surface area contributed by atoms with Crippen LogP contribution in [0.3, 0.4) is 0 Å². The summed E-state index contributed by atoms with van der Waals surface area (Å²) in [5, 5.41) is 32.2. The van der Waals surface area contributed by atoms with Crippen LogP contribution in [0.4, 0.5) is 0 Å². The largest absolute Gasteiger partial charge is 0.506 e. The second kappa shape index (κ2) is 5.48. The molecule has 31 heavy (non-hydrogen) atoms. The Morgan fingerprint density at radius 3 is 1.84 bits per heavy atom. The molecule has 1 heterocycles. The zero-order valence-electron chi connectivity index (χ0n) is 15.9. The van der Waals surface area contributed by atoms with E-state index >= 15 is 0 Å². The molecule has 0 aromatic heterocycles. The topological polar surface area (TPSA) is 68.6 Å². The van der Waals surface area contributed by atoms with E-state index in [2.05, 4.69) is 41.2 Å². The molecule has 3 aromatic rings. The predicted molar refractivity (Wildman–Crippen MR) is 118 cm³/mol. The summed E-state index contributed by atoms with van der Waals surface area (Å²) in [5.41, 5.74) is 6.29. The van der Waals surface area contributed by atoms with Crippen LogP contribution in [0.2, 0.25) is 0 Å². The van der Waals surface area contributed by atoms with Crippen molar-refractivity contribution in [2.75, 3.05) is 0 Å². The third kappa shape index (κ3) is 1.67. The summed E-state index contributed by atoms with van der Waals surface area (Å²) in [7, 11) is 0. The third-order valence-electron chi connectivity index (χ3n) is 7.16. The number of aromatic hydroxyl groups is 2. The van der Waals surface area contributed by atoms with Gasteiger partial charge in [0.05, 0.1) is 26.7 Å². The molecule has 3 aliphatic carbocycles. The maximum Gasteiger partial charge on any atom is 0.282 e. The van der Waals surface area contributed by atoms with Gasteiger partial charge in [0.25, 0.3) is 5.70 Å². The number of phenols is 2. The molecule has 0 radical (unpaired) electrons. The molecule has 0 fully saturated rings. The van der Waals surface area contributed by atoms with E-state index in [0.717, 1.165) is 11.1 Å². The molecule has 6 heteroatoms. The van der Waals surface area contributed by atoms with E-state index in [9.17, 15) is 15.5 Å². The number of nitrogens with zero attached hydrogens (tertiary/aromatic N) is 2. The van der Waals surface area contributed by atoms with Crippen molar-refractivity contribution in [1.82, 2.24) is 0 Å². The second-order valence-electron chi connectivity index (χ2n) is 8.16. The highest BCUT2D eigenvalue weighted by molar-refractivity contribution is 8.24. The standard InChI is InChI=1S/C25H12N2O2S2/c1-27-15(10-26)24-30-22-20(28)16-17(21(29)23(22)31-24)19-12-7-3-5-9-14(12)25(19)13-8-4-2-6-11(13)18(16)25/h2-9,18-19,28-29H/t18-,19+,25?.